The molecule has 0 saturated carbocycles. The zero-order valence-electron chi connectivity index (χ0n) is 14.3. The Morgan fingerprint density at radius 3 is 2.23 bits per heavy atom. The standard InChI is InChI=1S/C20H17F3N2S/c1-13-3-4-14(2)17(11-13)18-9-10-19(25-24-18)26-12-15-5-7-16(8-6-15)20(21,22)23/h3-11H,12H2,1-2H3. The molecule has 0 radical (unpaired) electrons. The van der Waals surface area contributed by atoms with E-state index in [4.69, 9.17) is 0 Å². The van der Waals surface area contributed by atoms with E-state index in [0.717, 1.165) is 45.1 Å². The Morgan fingerprint density at radius 1 is 0.885 bits per heavy atom. The van der Waals surface area contributed by atoms with Crippen LogP contribution in [0.2, 0.25) is 0 Å². The fourth-order valence-corrected chi connectivity index (χ4v) is 3.27. The van der Waals surface area contributed by atoms with E-state index in [1.165, 1.54) is 23.9 Å². The molecule has 1 aromatic heterocycles. The van der Waals surface area contributed by atoms with Crippen molar-refractivity contribution in [1.82, 2.24) is 10.2 Å². The van der Waals surface area contributed by atoms with Crippen molar-refractivity contribution in [2.24, 2.45) is 0 Å². The van der Waals surface area contributed by atoms with Gasteiger partial charge in [0.25, 0.3) is 0 Å². The molecule has 0 unspecified atom stereocenters. The van der Waals surface area contributed by atoms with Crippen LogP contribution in [0.5, 0.6) is 0 Å². The maximum absolute atomic E-state index is 12.6. The van der Waals surface area contributed by atoms with Crippen molar-refractivity contribution in [2.75, 3.05) is 0 Å². The molecular formula is C20H17F3N2S. The molecule has 3 aromatic rings. The molecule has 1 heterocycles. The third-order valence-electron chi connectivity index (χ3n) is 3.98. The average molecular weight is 374 g/mol. The van der Waals surface area contributed by atoms with Gasteiger partial charge in [0.1, 0.15) is 5.03 Å². The van der Waals surface area contributed by atoms with Gasteiger partial charge in [-0.15, -0.1) is 10.2 Å². The molecule has 0 N–H and O–H groups in total. The molecule has 0 aliphatic rings. The van der Waals surface area contributed by atoms with Crippen LogP contribution in [-0.2, 0) is 11.9 Å². The van der Waals surface area contributed by atoms with Crippen LogP contribution in [0, 0.1) is 13.8 Å². The lowest BCUT2D eigenvalue weighted by Gasteiger charge is -2.08. The van der Waals surface area contributed by atoms with Crippen molar-refractivity contribution in [3.05, 3.63) is 76.9 Å². The number of alkyl halides is 3. The molecule has 26 heavy (non-hydrogen) atoms. The normalized spacial score (nSPS) is 11.6. The Labute approximate surface area is 154 Å². The molecular weight excluding hydrogens is 357 g/mol. The quantitative estimate of drug-likeness (QED) is 0.518. The molecule has 0 aliphatic carbocycles. The van der Waals surface area contributed by atoms with Crippen molar-refractivity contribution < 1.29 is 13.2 Å². The second kappa shape index (κ2) is 7.50. The zero-order chi connectivity index (χ0) is 18.7. The number of halogens is 3. The highest BCUT2D eigenvalue weighted by Gasteiger charge is 2.29. The Morgan fingerprint density at radius 2 is 1.62 bits per heavy atom. The zero-order valence-corrected chi connectivity index (χ0v) is 15.2. The van der Waals surface area contributed by atoms with E-state index in [-0.39, 0.29) is 0 Å². The van der Waals surface area contributed by atoms with Crippen molar-refractivity contribution in [2.45, 2.75) is 30.8 Å². The Hall–Kier alpha value is -2.34. The predicted octanol–water partition coefficient (Wildman–Crippen LogP) is 6.07. The predicted molar refractivity (Wildman–Crippen MR) is 97.9 cm³/mol. The smallest absolute Gasteiger partial charge is 0.166 e. The van der Waals surface area contributed by atoms with E-state index < -0.39 is 11.7 Å². The van der Waals surface area contributed by atoms with E-state index in [9.17, 15) is 13.2 Å². The van der Waals surface area contributed by atoms with Gasteiger partial charge in [-0.2, -0.15) is 13.2 Å². The molecule has 2 nitrogen and oxygen atoms in total. The van der Waals surface area contributed by atoms with Gasteiger partial charge in [0, 0.05) is 11.3 Å². The molecule has 0 fully saturated rings. The first kappa shape index (κ1) is 18.5. The largest absolute Gasteiger partial charge is 0.416 e. The molecule has 134 valence electrons. The number of nitrogens with zero attached hydrogens (tertiary/aromatic N) is 2. The van der Waals surface area contributed by atoms with Gasteiger partial charge in [-0.05, 0) is 55.3 Å². The molecule has 0 saturated heterocycles. The minimum Gasteiger partial charge on any atom is -0.166 e. The summed E-state index contributed by atoms with van der Waals surface area (Å²) in [6, 6.07) is 15.2. The van der Waals surface area contributed by atoms with E-state index in [1.807, 2.05) is 26.0 Å². The monoisotopic (exact) mass is 374 g/mol. The number of aromatic nitrogens is 2. The van der Waals surface area contributed by atoms with Crippen LogP contribution in [0.25, 0.3) is 11.3 Å². The van der Waals surface area contributed by atoms with Crippen LogP contribution < -0.4 is 0 Å². The lowest BCUT2D eigenvalue weighted by atomic mass is 10.0. The van der Waals surface area contributed by atoms with Crippen molar-refractivity contribution >= 4 is 11.8 Å². The van der Waals surface area contributed by atoms with Crippen LogP contribution in [0.1, 0.15) is 22.3 Å². The molecule has 2 aromatic carbocycles. The van der Waals surface area contributed by atoms with Crippen LogP contribution in [0.4, 0.5) is 13.2 Å². The van der Waals surface area contributed by atoms with Gasteiger partial charge >= 0.3 is 6.18 Å². The molecule has 0 amide bonds. The van der Waals surface area contributed by atoms with Crippen LogP contribution in [0.15, 0.2) is 59.6 Å². The van der Waals surface area contributed by atoms with Gasteiger partial charge in [0.2, 0.25) is 0 Å². The number of hydrogen-bond donors (Lipinski definition) is 0. The minimum absolute atomic E-state index is 0.537. The van der Waals surface area contributed by atoms with Crippen molar-refractivity contribution in [3.8, 4) is 11.3 Å². The van der Waals surface area contributed by atoms with Gasteiger partial charge in [-0.25, -0.2) is 0 Å². The lowest BCUT2D eigenvalue weighted by molar-refractivity contribution is -0.137. The first-order chi connectivity index (χ1) is 12.3. The first-order valence-electron chi connectivity index (χ1n) is 8.03. The maximum Gasteiger partial charge on any atom is 0.416 e. The summed E-state index contributed by atoms with van der Waals surface area (Å²) in [6.45, 7) is 4.06. The van der Waals surface area contributed by atoms with Crippen LogP contribution >= 0.6 is 11.8 Å². The molecule has 0 bridgehead atoms. The summed E-state index contributed by atoms with van der Waals surface area (Å²) >= 11 is 1.44. The van der Waals surface area contributed by atoms with E-state index >= 15 is 0 Å². The van der Waals surface area contributed by atoms with Gasteiger partial charge < -0.3 is 0 Å². The van der Waals surface area contributed by atoms with Gasteiger partial charge in [0.05, 0.1) is 11.3 Å². The summed E-state index contributed by atoms with van der Waals surface area (Å²) in [5, 5.41) is 9.26. The van der Waals surface area contributed by atoms with E-state index in [0.29, 0.717) is 5.75 Å². The Balaban J connectivity index is 1.67. The van der Waals surface area contributed by atoms with E-state index in [1.54, 1.807) is 0 Å². The molecule has 3 rings (SSSR count). The third-order valence-corrected chi connectivity index (χ3v) is 4.97. The Kier molecular flexibility index (Phi) is 5.32. The van der Waals surface area contributed by atoms with Crippen molar-refractivity contribution in [1.29, 1.82) is 0 Å². The maximum atomic E-state index is 12.6. The lowest BCUT2D eigenvalue weighted by Crippen LogP contribution is -2.04. The summed E-state index contributed by atoms with van der Waals surface area (Å²) in [4.78, 5) is 0. The van der Waals surface area contributed by atoms with Crippen molar-refractivity contribution in [3.63, 3.8) is 0 Å². The second-order valence-electron chi connectivity index (χ2n) is 6.06. The highest BCUT2D eigenvalue weighted by molar-refractivity contribution is 7.98. The highest BCUT2D eigenvalue weighted by atomic mass is 32.2. The number of hydrogen-bond acceptors (Lipinski definition) is 3. The molecule has 0 atom stereocenters. The van der Waals surface area contributed by atoms with Gasteiger partial charge in [-0.3, -0.25) is 0 Å². The number of thioether (sulfide) groups is 1. The average Bonchev–Trinajstić information content (AvgIpc) is 2.62. The summed E-state index contributed by atoms with van der Waals surface area (Å²) in [5.74, 6) is 0.537. The number of benzene rings is 2. The molecule has 0 aliphatic heterocycles. The topological polar surface area (TPSA) is 25.8 Å². The summed E-state index contributed by atoms with van der Waals surface area (Å²) < 4.78 is 37.7. The Bertz CT molecular complexity index is 888. The number of aryl methyl sites for hydroxylation is 2. The summed E-state index contributed by atoms with van der Waals surface area (Å²) in [7, 11) is 0. The summed E-state index contributed by atoms with van der Waals surface area (Å²) in [5.41, 5.74) is 4.33. The van der Waals surface area contributed by atoms with Crippen LogP contribution in [-0.4, -0.2) is 10.2 Å². The molecule has 6 heteroatoms. The third kappa shape index (κ3) is 4.43. The first-order valence-corrected chi connectivity index (χ1v) is 9.02. The highest BCUT2D eigenvalue weighted by Crippen LogP contribution is 2.30. The fourth-order valence-electron chi connectivity index (χ4n) is 2.50. The molecule has 0 spiro atoms. The second-order valence-corrected chi connectivity index (χ2v) is 7.05. The van der Waals surface area contributed by atoms with E-state index in [2.05, 4.69) is 28.4 Å². The van der Waals surface area contributed by atoms with Gasteiger partial charge in [0.15, 0.2) is 0 Å². The van der Waals surface area contributed by atoms with Gasteiger partial charge in [-0.1, -0.05) is 41.6 Å². The SMILES string of the molecule is Cc1ccc(C)c(-c2ccc(SCc3ccc(C(F)(F)F)cc3)nn2)c1. The number of rotatable bonds is 4. The van der Waals surface area contributed by atoms with Crippen LogP contribution in [0.3, 0.4) is 0 Å². The fraction of sp³-hybridized carbons (Fsp3) is 0.200. The minimum atomic E-state index is -4.30. The summed E-state index contributed by atoms with van der Waals surface area (Å²) in [6.07, 6.45) is -4.30.